The van der Waals surface area contributed by atoms with Crippen LogP contribution in [-0.2, 0) is 10.3 Å². The highest BCUT2D eigenvalue weighted by atomic mass is 79.9. The number of halogens is 1. The van der Waals surface area contributed by atoms with Crippen LogP contribution in [-0.4, -0.2) is 24.2 Å². The third kappa shape index (κ3) is 2.51. The zero-order chi connectivity index (χ0) is 15.7. The molecule has 0 radical (unpaired) electrons. The van der Waals surface area contributed by atoms with E-state index in [0.29, 0.717) is 6.42 Å². The maximum Gasteiger partial charge on any atom is 0.249 e. The molecular formula is C17H16BrNO3. The number of hydrogen-bond acceptors (Lipinski definition) is 3. The summed E-state index contributed by atoms with van der Waals surface area (Å²) in [7, 11) is 1.61. The number of nitrogens with one attached hydrogen (secondary N) is 1. The van der Waals surface area contributed by atoms with E-state index in [4.69, 9.17) is 4.74 Å². The van der Waals surface area contributed by atoms with E-state index in [2.05, 4.69) is 21.2 Å². The van der Waals surface area contributed by atoms with Crippen molar-refractivity contribution >= 4 is 21.8 Å². The Balaban J connectivity index is 2.13. The van der Waals surface area contributed by atoms with E-state index in [0.717, 1.165) is 21.3 Å². The lowest BCUT2D eigenvalue weighted by Crippen LogP contribution is -2.40. The lowest BCUT2D eigenvalue weighted by atomic mass is 9.81. The minimum atomic E-state index is -1.01. The molecule has 1 saturated heterocycles. The number of aliphatic hydroxyl groups is 1. The molecule has 22 heavy (non-hydrogen) atoms. The predicted octanol–water partition coefficient (Wildman–Crippen LogP) is 2.58. The first-order chi connectivity index (χ1) is 10.5. The van der Waals surface area contributed by atoms with Gasteiger partial charge in [0.2, 0.25) is 5.91 Å². The van der Waals surface area contributed by atoms with Crippen LogP contribution in [0.15, 0.2) is 53.0 Å². The van der Waals surface area contributed by atoms with Crippen molar-refractivity contribution in [3.05, 3.63) is 64.1 Å². The number of amides is 1. The van der Waals surface area contributed by atoms with Crippen molar-refractivity contribution in [2.24, 2.45) is 0 Å². The van der Waals surface area contributed by atoms with Gasteiger partial charge in [0.25, 0.3) is 0 Å². The average molecular weight is 362 g/mol. The highest BCUT2D eigenvalue weighted by Crippen LogP contribution is 2.39. The van der Waals surface area contributed by atoms with Gasteiger partial charge in [0.15, 0.2) is 0 Å². The minimum absolute atomic E-state index is 0.300. The summed E-state index contributed by atoms with van der Waals surface area (Å²) in [6.07, 6.45) is -0.713. The number of carbonyl (C=O) groups excluding carboxylic acids is 1. The first-order valence-electron chi connectivity index (χ1n) is 6.96. The van der Waals surface area contributed by atoms with Gasteiger partial charge in [-0.15, -0.1) is 0 Å². The van der Waals surface area contributed by atoms with Crippen LogP contribution < -0.4 is 10.1 Å². The summed E-state index contributed by atoms with van der Waals surface area (Å²) in [5.74, 6) is 0.397. The van der Waals surface area contributed by atoms with Gasteiger partial charge in [-0.2, -0.15) is 0 Å². The first kappa shape index (κ1) is 15.1. The average Bonchev–Trinajstić information content (AvgIpc) is 2.84. The van der Waals surface area contributed by atoms with Crippen molar-refractivity contribution in [3.63, 3.8) is 0 Å². The Hall–Kier alpha value is -1.85. The summed E-state index contributed by atoms with van der Waals surface area (Å²) < 4.78 is 6.11. The summed E-state index contributed by atoms with van der Waals surface area (Å²) >= 11 is 3.46. The molecule has 2 aromatic rings. The van der Waals surface area contributed by atoms with Crippen molar-refractivity contribution < 1.29 is 14.6 Å². The van der Waals surface area contributed by atoms with Crippen molar-refractivity contribution in [1.82, 2.24) is 5.32 Å². The standard InChI is InChI=1S/C17H16BrNO3/c1-22-14-7-5-11(6-8-14)17(10-15(20)16(21)19-17)12-3-2-4-13(18)9-12/h2-9,15,20H,10H2,1H3,(H,19,21). The van der Waals surface area contributed by atoms with E-state index >= 15 is 0 Å². The fourth-order valence-electron chi connectivity index (χ4n) is 2.90. The molecule has 1 heterocycles. The predicted molar refractivity (Wildman–Crippen MR) is 86.7 cm³/mol. The largest absolute Gasteiger partial charge is 0.497 e. The van der Waals surface area contributed by atoms with Crippen LogP contribution in [0.4, 0.5) is 0 Å². The Kier molecular flexibility index (Phi) is 3.93. The lowest BCUT2D eigenvalue weighted by molar-refractivity contribution is -0.126. The van der Waals surface area contributed by atoms with Crippen molar-refractivity contribution in [2.75, 3.05) is 7.11 Å². The van der Waals surface area contributed by atoms with Gasteiger partial charge in [0, 0.05) is 10.9 Å². The summed E-state index contributed by atoms with van der Waals surface area (Å²) in [6, 6.07) is 15.3. The van der Waals surface area contributed by atoms with Crippen LogP contribution in [0.3, 0.4) is 0 Å². The van der Waals surface area contributed by atoms with Crippen LogP contribution in [0, 0.1) is 0 Å². The Morgan fingerprint density at radius 3 is 2.50 bits per heavy atom. The summed E-state index contributed by atoms with van der Waals surface area (Å²) in [6.45, 7) is 0. The number of benzene rings is 2. The molecule has 2 N–H and O–H groups in total. The van der Waals surface area contributed by atoms with E-state index in [1.165, 1.54) is 0 Å². The maximum atomic E-state index is 11.9. The van der Waals surface area contributed by atoms with Crippen LogP contribution in [0.25, 0.3) is 0 Å². The fraction of sp³-hybridized carbons (Fsp3) is 0.235. The molecule has 114 valence electrons. The highest BCUT2D eigenvalue weighted by molar-refractivity contribution is 9.10. The van der Waals surface area contributed by atoms with Gasteiger partial charge in [-0.1, -0.05) is 40.2 Å². The molecule has 0 spiro atoms. The molecule has 0 bridgehead atoms. The first-order valence-corrected chi connectivity index (χ1v) is 7.75. The molecule has 0 saturated carbocycles. The lowest BCUT2D eigenvalue weighted by Gasteiger charge is -2.30. The molecule has 1 amide bonds. The molecule has 1 aliphatic rings. The third-order valence-corrected chi connectivity index (χ3v) is 4.53. The van der Waals surface area contributed by atoms with Gasteiger partial charge in [-0.3, -0.25) is 4.79 Å². The quantitative estimate of drug-likeness (QED) is 0.883. The smallest absolute Gasteiger partial charge is 0.249 e. The number of rotatable bonds is 3. The van der Waals surface area contributed by atoms with Crippen LogP contribution in [0.2, 0.25) is 0 Å². The van der Waals surface area contributed by atoms with Crippen molar-refractivity contribution in [1.29, 1.82) is 0 Å². The number of carbonyl (C=O) groups is 1. The second-order valence-electron chi connectivity index (χ2n) is 5.35. The minimum Gasteiger partial charge on any atom is -0.497 e. The SMILES string of the molecule is COc1ccc(C2(c3cccc(Br)c3)CC(O)C(=O)N2)cc1. The number of ether oxygens (including phenoxy) is 1. The van der Waals surface area contributed by atoms with E-state index in [1.807, 2.05) is 48.5 Å². The second-order valence-corrected chi connectivity index (χ2v) is 6.27. The Bertz CT molecular complexity index is 701. The topological polar surface area (TPSA) is 58.6 Å². The van der Waals surface area contributed by atoms with Gasteiger partial charge in [-0.25, -0.2) is 0 Å². The zero-order valence-electron chi connectivity index (χ0n) is 12.0. The molecule has 1 fully saturated rings. The molecule has 2 aromatic carbocycles. The van der Waals surface area contributed by atoms with Crippen molar-refractivity contribution in [2.45, 2.75) is 18.1 Å². The normalized spacial score (nSPS) is 24.1. The molecule has 2 unspecified atom stereocenters. The Labute approximate surface area is 137 Å². The van der Waals surface area contributed by atoms with E-state index in [-0.39, 0.29) is 5.91 Å². The van der Waals surface area contributed by atoms with Gasteiger partial charge < -0.3 is 15.2 Å². The van der Waals surface area contributed by atoms with Gasteiger partial charge >= 0.3 is 0 Å². The molecule has 2 atom stereocenters. The maximum absolute atomic E-state index is 11.9. The number of methoxy groups -OCH3 is 1. The number of aliphatic hydroxyl groups excluding tert-OH is 1. The van der Waals surface area contributed by atoms with E-state index in [9.17, 15) is 9.90 Å². The summed E-state index contributed by atoms with van der Waals surface area (Å²) in [4.78, 5) is 11.9. The van der Waals surface area contributed by atoms with E-state index in [1.54, 1.807) is 7.11 Å². The summed E-state index contributed by atoms with van der Waals surface area (Å²) in [5.41, 5.74) is 1.11. The van der Waals surface area contributed by atoms with Crippen molar-refractivity contribution in [3.8, 4) is 5.75 Å². The molecule has 0 aromatic heterocycles. The monoisotopic (exact) mass is 361 g/mol. The fourth-order valence-corrected chi connectivity index (χ4v) is 3.30. The molecule has 5 heteroatoms. The molecule has 1 aliphatic heterocycles. The number of hydrogen-bond donors (Lipinski definition) is 2. The zero-order valence-corrected chi connectivity index (χ0v) is 13.6. The second kappa shape index (κ2) is 5.74. The van der Waals surface area contributed by atoms with E-state index < -0.39 is 11.6 Å². The van der Waals surface area contributed by atoms with Crippen LogP contribution >= 0.6 is 15.9 Å². The van der Waals surface area contributed by atoms with Gasteiger partial charge in [0.05, 0.1) is 12.6 Å². The molecule has 0 aliphatic carbocycles. The molecular weight excluding hydrogens is 346 g/mol. The molecule has 3 rings (SSSR count). The Morgan fingerprint density at radius 1 is 1.23 bits per heavy atom. The van der Waals surface area contributed by atoms with Crippen LogP contribution in [0.5, 0.6) is 5.75 Å². The highest BCUT2D eigenvalue weighted by Gasteiger charge is 2.46. The third-order valence-electron chi connectivity index (χ3n) is 4.04. The van der Waals surface area contributed by atoms with Gasteiger partial charge in [-0.05, 0) is 35.4 Å². The van der Waals surface area contributed by atoms with Gasteiger partial charge in [0.1, 0.15) is 11.9 Å². The molecule has 4 nitrogen and oxygen atoms in total. The van der Waals surface area contributed by atoms with Crippen LogP contribution in [0.1, 0.15) is 17.5 Å². The Morgan fingerprint density at radius 2 is 1.95 bits per heavy atom. The summed E-state index contributed by atoms with van der Waals surface area (Å²) in [5, 5.41) is 12.9.